The Morgan fingerprint density at radius 1 is 1.03 bits per heavy atom. The average molecular weight is 455 g/mol. The van der Waals surface area contributed by atoms with Crippen molar-refractivity contribution in [2.45, 2.75) is 0 Å². The second-order valence-corrected chi connectivity index (χ2v) is 6.55. The van der Waals surface area contributed by atoms with Crippen molar-refractivity contribution in [3.63, 3.8) is 0 Å². The minimum atomic E-state index is -0.732. The summed E-state index contributed by atoms with van der Waals surface area (Å²) >= 11 is 5.77. The van der Waals surface area contributed by atoms with E-state index in [0.717, 1.165) is 6.07 Å². The van der Waals surface area contributed by atoms with Crippen LogP contribution < -0.4 is 5.32 Å². The molecule has 2 heterocycles. The number of phenolic OH excluding ortho intramolecular Hbond substituents is 1. The Bertz CT molecular complexity index is 1210. The van der Waals surface area contributed by atoms with Crippen LogP contribution in [0.5, 0.6) is 5.75 Å². The van der Waals surface area contributed by atoms with Gasteiger partial charge in [0.2, 0.25) is 5.75 Å². The molecule has 0 aliphatic heterocycles. The lowest BCUT2D eigenvalue weighted by Gasteiger charge is -2.07. The molecule has 0 spiro atoms. The summed E-state index contributed by atoms with van der Waals surface area (Å²) in [6.45, 7) is 0. The van der Waals surface area contributed by atoms with Crippen LogP contribution in [0.1, 0.15) is 10.4 Å². The Morgan fingerprint density at radius 2 is 1.66 bits per heavy atom. The molecule has 11 nitrogen and oxygen atoms in total. The lowest BCUT2D eigenvalue weighted by atomic mass is 10.2. The number of nitro groups is 1. The van der Waals surface area contributed by atoms with Gasteiger partial charge in [-0.1, -0.05) is 23.7 Å². The topological polar surface area (TPSA) is 145 Å². The Balaban J connectivity index is 0.000000204. The highest BCUT2D eigenvalue weighted by Gasteiger charge is 2.18. The molecule has 162 valence electrons. The summed E-state index contributed by atoms with van der Waals surface area (Å²) in [5.41, 5.74) is -0.235. The van der Waals surface area contributed by atoms with Gasteiger partial charge in [0.1, 0.15) is 12.7 Å². The van der Waals surface area contributed by atoms with Gasteiger partial charge in [-0.2, -0.15) is 0 Å². The van der Waals surface area contributed by atoms with Gasteiger partial charge in [-0.3, -0.25) is 24.0 Å². The molecule has 2 aromatic carbocycles. The first-order valence-electron chi connectivity index (χ1n) is 8.90. The van der Waals surface area contributed by atoms with Crippen molar-refractivity contribution < 1.29 is 19.6 Å². The molecule has 32 heavy (non-hydrogen) atoms. The van der Waals surface area contributed by atoms with Crippen LogP contribution in [0.15, 0.2) is 79.9 Å². The first-order valence-corrected chi connectivity index (χ1v) is 9.28. The zero-order valence-corrected chi connectivity index (χ0v) is 17.0. The molecular weight excluding hydrogens is 440 g/mol. The number of nitro benzene ring substituents is 1. The van der Waals surface area contributed by atoms with Crippen molar-refractivity contribution in [1.29, 1.82) is 0 Å². The fraction of sp³-hybridized carbons (Fsp3) is 0. The van der Waals surface area contributed by atoms with Crippen LogP contribution in [-0.2, 0) is 0 Å². The largest absolute Gasteiger partial charge is 0.501 e. The van der Waals surface area contributed by atoms with E-state index in [-0.39, 0.29) is 17.3 Å². The molecule has 1 amide bonds. The number of aromatic hydroxyl groups is 1. The highest BCUT2D eigenvalue weighted by molar-refractivity contribution is 6.31. The minimum absolute atomic E-state index is 0.0378. The molecule has 2 N–H and O–H groups in total. The van der Waals surface area contributed by atoms with E-state index in [1.807, 2.05) is 0 Å². The lowest BCUT2D eigenvalue weighted by molar-refractivity contribution is -0.385. The molecule has 12 heteroatoms. The van der Waals surface area contributed by atoms with Gasteiger partial charge in [0.05, 0.1) is 10.6 Å². The molecule has 0 saturated heterocycles. The standard InChI is InChI=1S/C13H9ClN2O4.C7H6N4O/c14-9-4-1-3-8(7-9)13(18)15-10-5-2-6-11(12(10)17)16(19)20;12-7(10-3-1-8-5-10)11-4-2-9-6-11/h1-7,17H,(H,15,18);1-6H. The highest BCUT2D eigenvalue weighted by atomic mass is 35.5. The summed E-state index contributed by atoms with van der Waals surface area (Å²) in [5, 5.41) is 23.2. The van der Waals surface area contributed by atoms with Crippen molar-refractivity contribution in [3.05, 3.63) is 101 Å². The molecule has 0 radical (unpaired) electrons. The predicted molar refractivity (Wildman–Crippen MR) is 115 cm³/mol. The van der Waals surface area contributed by atoms with E-state index in [4.69, 9.17) is 11.6 Å². The molecule has 0 bridgehead atoms. The van der Waals surface area contributed by atoms with Gasteiger partial charge in [0.25, 0.3) is 5.91 Å². The maximum Gasteiger partial charge on any atom is 0.338 e. The van der Waals surface area contributed by atoms with Crippen LogP contribution in [0.25, 0.3) is 0 Å². The van der Waals surface area contributed by atoms with E-state index in [0.29, 0.717) is 5.02 Å². The third-order valence-electron chi connectivity index (χ3n) is 4.00. The number of aromatic nitrogens is 4. The summed E-state index contributed by atoms with van der Waals surface area (Å²) in [5.74, 6) is -1.11. The Morgan fingerprint density at radius 3 is 2.19 bits per heavy atom. The average Bonchev–Trinajstić information content (AvgIpc) is 3.49. The predicted octanol–water partition coefficient (Wildman–Crippen LogP) is 3.80. The zero-order chi connectivity index (χ0) is 23.1. The smallest absolute Gasteiger partial charge is 0.338 e. The number of carbonyl (C=O) groups is 2. The number of nitrogens with one attached hydrogen (secondary N) is 1. The maximum atomic E-state index is 11.9. The third kappa shape index (κ3) is 5.34. The Hall–Kier alpha value is -4.51. The Kier molecular flexibility index (Phi) is 6.93. The van der Waals surface area contributed by atoms with Gasteiger partial charge >= 0.3 is 11.7 Å². The van der Waals surface area contributed by atoms with E-state index in [2.05, 4.69) is 15.3 Å². The fourth-order valence-electron chi connectivity index (χ4n) is 2.48. The maximum absolute atomic E-state index is 11.9. The fourth-order valence-corrected chi connectivity index (χ4v) is 2.67. The molecular formula is C20H15ClN6O5. The van der Waals surface area contributed by atoms with Gasteiger partial charge in [-0.05, 0) is 24.3 Å². The van der Waals surface area contributed by atoms with Crippen LogP contribution in [0.2, 0.25) is 5.02 Å². The number of benzene rings is 2. The SMILES string of the molecule is O=C(Nc1cccc([N+](=O)[O-])c1O)c1cccc(Cl)c1.O=C(n1ccnc1)n1ccnc1. The number of imidazole rings is 2. The number of nitrogens with zero attached hydrogens (tertiary/aromatic N) is 5. The van der Waals surface area contributed by atoms with Crippen LogP contribution in [0, 0.1) is 10.1 Å². The number of para-hydroxylation sites is 1. The van der Waals surface area contributed by atoms with Crippen LogP contribution in [0.4, 0.5) is 16.2 Å². The van der Waals surface area contributed by atoms with Crippen molar-refractivity contribution in [1.82, 2.24) is 19.1 Å². The molecule has 4 rings (SSSR count). The first kappa shape index (κ1) is 22.2. The summed E-state index contributed by atoms with van der Waals surface area (Å²) in [7, 11) is 0. The van der Waals surface area contributed by atoms with Gasteiger partial charge in [0, 0.05) is 41.4 Å². The Labute approximate surface area is 185 Å². The van der Waals surface area contributed by atoms with Gasteiger partial charge < -0.3 is 10.4 Å². The van der Waals surface area contributed by atoms with Gasteiger partial charge in [-0.25, -0.2) is 14.8 Å². The molecule has 0 unspecified atom stereocenters. The number of anilines is 1. The number of hydrogen-bond donors (Lipinski definition) is 2. The van der Waals surface area contributed by atoms with Crippen molar-refractivity contribution >= 4 is 34.9 Å². The second-order valence-electron chi connectivity index (χ2n) is 6.12. The second kappa shape index (κ2) is 10.00. The van der Waals surface area contributed by atoms with E-state index < -0.39 is 22.3 Å². The number of rotatable bonds is 3. The van der Waals surface area contributed by atoms with E-state index in [1.54, 1.807) is 36.9 Å². The highest BCUT2D eigenvalue weighted by Crippen LogP contribution is 2.33. The molecule has 0 fully saturated rings. The van der Waals surface area contributed by atoms with Crippen LogP contribution >= 0.6 is 11.6 Å². The molecule has 0 saturated carbocycles. The van der Waals surface area contributed by atoms with Crippen molar-refractivity contribution in [3.8, 4) is 5.75 Å². The van der Waals surface area contributed by atoms with E-state index >= 15 is 0 Å². The molecule has 0 aliphatic carbocycles. The molecule has 2 aromatic heterocycles. The number of amides is 1. The van der Waals surface area contributed by atoms with Gasteiger partial charge in [-0.15, -0.1) is 0 Å². The zero-order valence-electron chi connectivity index (χ0n) is 16.2. The van der Waals surface area contributed by atoms with E-state index in [9.17, 15) is 24.8 Å². The van der Waals surface area contributed by atoms with Crippen molar-refractivity contribution in [2.24, 2.45) is 0 Å². The summed E-state index contributed by atoms with van der Waals surface area (Å²) in [6.07, 6.45) is 9.17. The molecule has 0 aliphatic rings. The number of carbonyl (C=O) groups excluding carboxylic acids is 2. The van der Waals surface area contributed by atoms with E-state index in [1.165, 1.54) is 46.1 Å². The van der Waals surface area contributed by atoms with Crippen molar-refractivity contribution in [2.75, 3.05) is 5.32 Å². The van der Waals surface area contributed by atoms with Crippen LogP contribution in [-0.4, -0.2) is 41.1 Å². The first-order chi connectivity index (χ1) is 15.4. The number of hydrogen-bond acceptors (Lipinski definition) is 7. The quantitative estimate of drug-likeness (QED) is 0.272. The third-order valence-corrected chi connectivity index (χ3v) is 4.23. The van der Waals surface area contributed by atoms with Crippen LogP contribution in [0.3, 0.4) is 0 Å². The normalized spacial score (nSPS) is 10.0. The lowest BCUT2D eigenvalue weighted by Crippen LogP contribution is -2.15. The minimum Gasteiger partial charge on any atom is -0.501 e. The summed E-state index contributed by atoms with van der Waals surface area (Å²) < 4.78 is 2.75. The monoisotopic (exact) mass is 454 g/mol. The molecule has 0 atom stereocenters. The van der Waals surface area contributed by atoms with Gasteiger partial charge in [0.15, 0.2) is 0 Å². The number of phenols is 1. The summed E-state index contributed by atoms with van der Waals surface area (Å²) in [4.78, 5) is 40.8. The molecule has 4 aromatic rings. The number of halogens is 1. The summed E-state index contributed by atoms with van der Waals surface area (Å²) in [6, 6.07) is 9.89.